The molecule has 0 aliphatic rings. The third kappa shape index (κ3) is 3.83. The Morgan fingerprint density at radius 1 is 1.35 bits per heavy atom. The molecule has 1 N–H and O–H groups in total. The summed E-state index contributed by atoms with van der Waals surface area (Å²) in [4.78, 5) is 1.12. The minimum absolute atomic E-state index is 0.0330. The van der Waals surface area contributed by atoms with Crippen LogP contribution in [0.25, 0.3) is 0 Å². The maximum atomic E-state index is 13.7. The van der Waals surface area contributed by atoms with Crippen molar-refractivity contribution in [3.63, 3.8) is 0 Å². The van der Waals surface area contributed by atoms with E-state index < -0.39 is 0 Å². The van der Waals surface area contributed by atoms with E-state index in [1.54, 1.807) is 17.4 Å². The van der Waals surface area contributed by atoms with Crippen molar-refractivity contribution in [3.05, 3.63) is 53.8 Å². The van der Waals surface area contributed by atoms with Crippen LogP contribution < -0.4 is 5.32 Å². The lowest BCUT2D eigenvalue weighted by Crippen LogP contribution is -2.22. The highest BCUT2D eigenvalue weighted by atomic mass is 79.9. The van der Waals surface area contributed by atoms with Crippen LogP contribution in [0.3, 0.4) is 0 Å². The van der Waals surface area contributed by atoms with Gasteiger partial charge in [-0.2, -0.15) is 0 Å². The Morgan fingerprint density at radius 3 is 2.65 bits per heavy atom. The van der Waals surface area contributed by atoms with Crippen LogP contribution in [-0.4, -0.2) is 6.54 Å². The quantitative estimate of drug-likeness (QED) is 0.586. The van der Waals surface area contributed by atoms with E-state index in [2.05, 4.69) is 50.2 Å². The molecule has 0 fully saturated rings. The average Bonchev–Trinajstić information content (AvgIpc) is 2.74. The van der Waals surface area contributed by atoms with Crippen LogP contribution in [0.1, 0.15) is 29.8 Å². The summed E-state index contributed by atoms with van der Waals surface area (Å²) in [6.07, 6.45) is 1.01. The molecule has 0 saturated heterocycles. The summed E-state index contributed by atoms with van der Waals surface area (Å²) in [5, 5.41) is 3.60. The highest BCUT2D eigenvalue weighted by Gasteiger charge is 2.18. The first-order valence-corrected chi connectivity index (χ1v) is 8.94. The fourth-order valence-electron chi connectivity index (χ4n) is 1.87. The monoisotopic (exact) mass is 439 g/mol. The first kappa shape index (κ1) is 16.4. The van der Waals surface area contributed by atoms with Gasteiger partial charge < -0.3 is 5.32 Å². The van der Waals surface area contributed by atoms with E-state index in [9.17, 15) is 4.39 Å². The number of thiophene rings is 1. The lowest BCUT2D eigenvalue weighted by Gasteiger charge is -2.18. The number of hydrogen-bond donors (Lipinski definition) is 1. The second kappa shape index (κ2) is 7.36. The van der Waals surface area contributed by atoms with E-state index in [4.69, 9.17) is 11.6 Å². The van der Waals surface area contributed by atoms with Crippen molar-refractivity contribution in [1.82, 2.24) is 5.32 Å². The average molecular weight is 442 g/mol. The maximum Gasteiger partial charge on any atom is 0.142 e. The van der Waals surface area contributed by atoms with Gasteiger partial charge >= 0.3 is 0 Å². The van der Waals surface area contributed by atoms with E-state index in [1.807, 2.05) is 6.07 Å². The molecule has 108 valence electrons. The number of benzene rings is 1. The second-order valence-corrected chi connectivity index (χ2v) is 7.99. The van der Waals surface area contributed by atoms with E-state index >= 15 is 0 Å². The van der Waals surface area contributed by atoms with Gasteiger partial charge in [-0.05, 0) is 68.6 Å². The fourth-order valence-corrected chi connectivity index (χ4v) is 4.18. The largest absolute Gasteiger partial charge is 0.306 e. The highest BCUT2D eigenvalue weighted by molar-refractivity contribution is 9.13. The van der Waals surface area contributed by atoms with Gasteiger partial charge in [-0.25, -0.2) is 4.39 Å². The Bertz CT molecular complexity index is 583. The summed E-state index contributed by atoms with van der Waals surface area (Å²) >= 11 is 14.4. The molecule has 0 saturated carbocycles. The molecule has 1 unspecified atom stereocenters. The Morgan fingerprint density at radius 2 is 2.10 bits per heavy atom. The van der Waals surface area contributed by atoms with Crippen LogP contribution in [0.4, 0.5) is 4.39 Å². The smallest absolute Gasteiger partial charge is 0.142 e. The molecule has 0 aliphatic heterocycles. The van der Waals surface area contributed by atoms with Crippen LogP contribution in [0.15, 0.2) is 32.5 Å². The number of hydrogen-bond acceptors (Lipinski definition) is 2. The molecular weight excluding hydrogens is 428 g/mol. The maximum absolute atomic E-state index is 13.7. The summed E-state index contributed by atoms with van der Waals surface area (Å²) in [6, 6.07) is 6.98. The zero-order chi connectivity index (χ0) is 14.7. The predicted molar refractivity (Wildman–Crippen MR) is 91.3 cm³/mol. The van der Waals surface area contributed by atoms with Gasteiger partial charge in [0.15, 0.2) is 0 Å². The molecule has 0 bridgehead atoms. The zero-order valence-corrected chi connectivity index (χ0v) is 15.5. The van der Waals surface area contributed by atoms with Gasteiger partial charge in [0.1, 0.15) is 5.82 Å². The molecule has 0 aliphatic carbocycles. The van der Waals surface area contributed by atoms with Crippen molar-refractivity contribution in [2.45, 2.75) is 19.4 Å². The van der Waals surface area contributed by atoms with Gasteiger partial charge in [0.25, 0.3) is 0 Å². The Balaban J connectivity index is 2.38. The topological polar surface area (TPSA) is 12.0 Å². The third-order valence-corrected chi connectivity index (χ3v) is 6.45. The summed E-state index contributed by atoms with van der Waals surface area (Å²) in [7, 11) is 0. The molecule has 0 spiro atoms. The second-order valence-electron chi connectivity index (χ2n) is 4.33. The van der Waals surface area contributed by atoms with Crippen LogP contribution in [0, 0.1) is 5.82 Å². The molecule has 0 amide bonds. The molecule has 1 heterocycles. The van der Waals surface area contributed by atoms with Gasteiger partial charge in [0.05, 0.1) is 14.9 Å². The van der Waals surface area contributed by atoms with Crippen molar-refractivity contribution in [2.75, 3.05) is 6.54 Å². The lowest BCUT2D eigenvalue weighted by molar-refractivity contribution is 0.591. The third-order valence-electron chi connectivity index (χ3n) is 2.82. The standard InChI is InChI=1S/C14H13Br2ClFNS/c1-2-5-19-13(12-7-9(15)14(16)20-12)8-3-4-10(17)11(18)6-8/h3-4,6-7,13,19H,2,5H2,1H3. The molecule has 0 radical (unpaired) electrons. The Labute approximate surface area is 143 Å². The van der Waals surface area contributed by atoms with Crippen LogP contribution >= 0.6 is 54.8 Å². The summed E-state index contributed by atoms with van der Waals surface area (Å²) in [6.45, 7) is 2.97. The lowest BCUT2D eigenvalue weighted by atomic mass is 10.1. The van der Waals surface area contributed by atoms with Gasteiger partial charge in [0, 0.05) is 9.35 Å². The van der Waals surface area contributed by atoms with E-state index in [0.29, 0.717) is 0 Å². The van der Waals surface area contributed by atoms with Crippen LogP contribution in [0.5, 0.6) is 0 Å². The first-order chi connectivity index (χ1) is 9.52. The Hall–Kier alpha value is 0.0600. The van der Waals surface area contributed by atoms with E-state index in [1.165, 1.54) is 6.07 Å². The molecule has 2 aromatic rings. The van der Waals surface area contributed by atoms with E-state index in [0.717, 1.165) is 31.7 Å². The van der Waals surface area contributed by atoms with Crippen molar-refractivity contribution < 1.29 is 4.39 Å². The molecule has 1 aromatic heterocycles. The number of halogens is 4. The fraction of sp³-hybridized carbons (Fsp3) is 0.286. The first-order valence-electron chi connectivity index (χ1n) is 6.16. The van der Waals surface area contributed by atoms with Gasteiger partial charge in [-0.1, -0.05) is 24.6 Å². The van der Waals surface area contributed by atoms with Crippen LogP contribution in [-0.2, 0) is 0 Å². The predicted octanol–water partition coefficient (Wildman–Crippen LogP) is 6.15. The highest BCUT2D eigenvalue weighted by Crippen LogP contribution is 2.38. The van der Waals surface area contributed by atoms with Crippen molar-refractivity contribution >= 4 is 54.8 Å². The van der Waals surface area contributed by atoms with Crippen molar-refractivity contribution in [1.29, 1.82) is 0 Å². The summed E-state index contributed by atoms with van der Waals surface area (Å²) in [5.74, 6) is -0.387. The number of nitrogens with one attached hydrogen (secondary N) is 1. The molecule has 1 atom stereocenters. The molecule has 2 rings (SSSR count). The van der Waals surface area contributed by atoms with Crippen LogP contribution in [0.2, 0.25) is 5.02 Å². The van der Waals surface area contributed by atoms with Crippen molar-refractivity contribution in [3.8, 4) is 0 Å². The molecule has 1 nitrogen and oxygen atoms in total. The molecule has 1 aromatic carbocycles. The van der Waals surface area contributed by atoms with Gasteiger partial charge in [-0.15, -0.1) is 11.3 Å². The van der Waals surface area contributed by atoms with Gasteiger partial charge in [-0.3, -0.25) is 0 Å². The normalized spacial score (nSPS) is 12.7. The minimum atomic E-state index is -0.387. The molecular formula is C14H13Br2ClFNS. The minimum Gasteiger partial charge on any atom is -0.306 e. The van der Waals surface area contributed by atoms with Crippen molar-refractivity contribution in [2.24, 2.45) is 0 Å². The molecule has 20 heavy (non-hydrogen) atoms. The summed E-state index contributed by atoms with van der Waals surface area (Å²) < 4.78 is 15.7. The zero-order valence-electron chi connectivity index (χ0n) is 10.7. The number of rotatable bonds is 5. The van der Waals surface area contributed by atoms with E-state index in [-0.39, 0.29) is 16.9 Å². The Kier molecular flexibility index (Phi) is 6.05. The SMILES string of the molecule is CCCNC(c1ccc(Cl)c(F)c1)c1cc(Br)c(Br)s1. The van der Waals surface area contributed by atoms with Gasteiger partial charge in [0.2, 0.25) is 0 Å². The molecule has 6 heteroatoms. The summed E-state index contributed by atoms with van der Waals surface area (Å²) in [5.41, 5.74) is 0.876.